The van der Waals surface area contributed by atoms with E-state index in [0.29, 0.717) is 18.7 Å². The molecule has 1 fully saturated rings. The van der Waals surface area contributed by atoms with Gasteiger partial charge in [0.25, 0.3) is 5.91 Å². The fraction of sp³-hybridized carbons (Fsp3) is 0.444. The number of likely N-dealkylation sites (tertiary alicyclic amines) is 1. The number of benzene rings is 1. The van der Waals surface area contributed by atoms with Gasteiger partial charge in [0, 0.05) is 27.0 Å². The minimum Gasteiger partial charge on any atom is -0.383 e. The molecule has 6 heteroatoms. The summed E-state index contributed by atoms with van der Waals surface area (Å²) < 4.78 is 12.5. The van der Waals surface area contributed by atoms with Gasteiger partial charge in [-0.05, 0) is 25.5 Å². The van der Waals surface area contributed by atoms with Crippen LogP contribution < -0.4 is 0 Å². The number of hydrogen-bond acceptors (Lipinski definition) is 4. The minimum atomic E-state index is -0.0173. The van der Waals surface area contributed by atoms with E-state index in [1.165, 1.54) is 0 Å². The number of aromatic nitrogens is 2. The Kier molecular flexibility index (Phi) is 4.97. The van der Waals surface area contributed by atoms with Gasteiger partial charge < -0.3 is 14.4 Å². The summed E-state index contributed by atoms with van der Waals surface area (Å²) in [5, 5.41) is 4.49. The van der Waals surface area contributed by atoms with E-state index in [-0.39, 0.29) is 18.1 Å². The van der Waals surface area contributed by atoms with Gasteiger partial charge in [0.2, 0.25) is 0 Å². The summed E-state index contributed by atoms with van der Waals surface area (Å²) in [5.74, 6) is -0.0173. The van der Waals surface area contributed by atoms with Crippen molar-refractivity contribution in [1.29, 1.82) is 0 Å². The third-order valence-electron chi connectivity index (χ3n) is 4.48. The van der Waals surface area contributed by atoms with Crippen molar-refractivity contribution in [2.75, 3.05) is 27.4 Å². The molecule has 1 aromatic carbocycles. The third kappa shape index (κ3) is 3.20. The molecule has 0 unspecified atom stereocenters. The van der Waals surface area contributed by atoms with E-state index in [2.05, 4.69) is 5.10 Å². The van der Waals surface area contributed by atoms with E-state index in [1.54, 1.807) is 25.1 Å². The van der Waals surface area contributed by atoms with Gasteiger partial charge in [-0.3, -0.25) is 4.79 Å². The number of ether oxygens (including phenoxy) is 2. The molecule has 1 aliphatic heterocycles. The monoisotopic (exact) mass is 329 g/mol. The first-order chi connectivity index (χ1) is 11.6. The zero-order chi connectivity index (χ0) is 17.1. The molecule has 0 N–H and O–H groups in total. The Morgan fingerprint density at radius 3 is 2.71 bits per heavy atom. The predicted octanol–water partition coefficient (Wildman–Crippen LogP) is 2.06. The van der Waals surface area contributed by atoms with E-state index in [9.17, 15) is 4.79 Å². The quantitative estimate of drug-likeness (QED) is 0.842. The maximum absolute atomic E-state index is 13.0. The first-order valence-electron chi connectivity index (χ1n) is 8.08. The van der Waals surface area contributed by atoms with Crippen molar-refractivity contribution < 1.29 is 14.3 Å². The van der Waals surface area contributed by atoms with Crippen molar-refractivity contribution in [2.24, 2.45) is 0 Å². The molecule has 1 aliphatic rings. The summed E-state index contributed by atoms with van der Waals surface area (Å²) in [7, 11) is 3.34. The van der Waals surface area contributed by atoms with Crippen LogP contribution >= 0.6 is 0 Å². The number of rotatable bonds is 5. The van der Waals surface area contributed by atoms with Gasteiger partial charge in [0.05, 0.1) is 35.7 Å². The molecule has 0 radical (unpaired) electrons. The SMILES string of the molecule is COC[C@@H]1C[C@H](OC)CN1C(=O)c1cn(-c2ccccc2)nc1C. The molecule has 0 aliphatic carbocycles. The second-order valence-electron chi connectivity index (χ2n) is 6.07. The van der Waals surface area contributed by atoms with Crippen molar-refractivity contribution >= 4 is 5.91 Å². The molecule has 1 aromatic heterocycles. The molecule has 0 spiro atoms. The van der Waals surface area contributed by atoms with E-state index in [1.807, 2.05) is 42.2 Å². The Bertz CT molecular complexity index is 699. The molecule has 2 aromatic rings. The number of hydrogen-bond donors (Lipinski definition) is 0. The maximum atomic E-state index is 13.0. The van der Waals surface area contributed by atoms with E-state index in [0.717, 1.165) is 17.8 Å². The normalized spacial score (nSPS) is 20.5. The van der Waals surface area contributed by atoms with Gasteiger partial charge >= 0.3 is 0 Å². The Balaban J connectivity index is 1.86. The molecule has 1 amide bonds. The number of carbonyl (C=O) groups excluding carboxylic acids is 1. The maximum Gasteiger partial charge on any atom is 0.257 e. The molecular formula is C18H23N3O3. The highest BCUT2D eigenvalue weighted by Crippen LogP contribution is 2.24. The molecule has 0 bridgehead atoms. The van der Waals surface area contributed by atoms with Crippen LogP contribution in [0.15, 0.2) is 36.5 Å². The van der Waals surface area contributed by atoms with Gasteiger partial charge in [0.15, 0.2) is 0 Å². The van der Waals surface area contributed by atoms with Crippen molar-refractivity contribution in [3.8, 4) is 5.69 Å². The average Bonchev–Trinajstić information content (AvgIpc) is 3.19. The highest BCUT2D eigenvalue weighted by Gasteiger charge is 2.36. The van der Waals surface area contributed by atoms with Crippen molar-refractivity contribution in [3.05, 3.63) is 47.8 Å². The van der Waals surface area contributed by atoms with Crippen LogP contribution in [0.25, 0.3) is 5.69 Å². The second kappa shape index (κ2) is 7.15. The lowest BCUT2D eigenvalue weighted by atomic mass is 10.2. The third-order valence-corrected chi connectivity index (χ3v) is 4.48. The van der Waals surface area contributed by atoms with Crippen molar-refractivity contribution in [2.45, 2.75) is 25.5 Å². The number of para-hydroxylation sites is 1. The lowest BCUT2D eigenvalue weighted by Gasteiger charge is -2.23. The molecular weight excluding hydrogens is 306 g/mol. The summed E-state index contributed by atoms with van der Waals surface area (Å²) in [6.45, 7) is 2.96. The zero-order valence-corrected chi connectivity index (χ0v) is 14.3. The van der Waals surface area contributed by atoms with Crippen LogP contribution in [0, 0.1) is 6.92 Å². The zero-order valence-electron chi connectivity index (χ0n) is 14.3. The number of aryl methyl sites for hydroxylation is 1. The number of carbonyl (C=O) groups is 1. The topological polar surface area (TPSA) is 56.6 Å². The molecule has 128 valence electrons. The fourth-order valence-electron chi connectivity index (χ4n) is 3.18. The smallest absolute Gasteiger partial charge is 0.257 e. The summed E-state index contributed by atoms with van der Waals surface area (Å²) in [6, 6.07) is 9.82. The van der Waals surface area contributed by atoms with Gasteiger partial charge in [-0.1, -0.05) is 18.2 Å². The first kappa shape index (κ1) is 16.7. The highest BCUT2D eigenvalue weighted by atomic mass is 16.5. The lowest BCUT2D eigenvalue weighted by molar-refractivity contribution is 0.0611. The molecule has 1 saturated heterocycles. The molecule has 2 atom stereocenters. The summed E-state index contributed by atoms with van der Waals surface area (Å²) in [5.41, 5.74) is 2.28. The first-order valence-corrected chi connectivity index (χ1v) is 8.08. The average molecular weight is 329 g/mol. The van der Waals surface area contributed by atoms with Crippen LogP contribution in [0.5, 0.6) is 0 Å². The number of methoxy groups -OCH3 is 2. The second-order valence-corrected chi connectivity index (χ2v) is 6.07. The van der Waals surface area contributed by atoms with E-state index < -0.39 is 0 Å². The molecule has 6 nitrogen and oxygen atoms in total. The van der Waals surface area contributed by atoms with E-state index >= 15 is 0 Å². The number of amides is 1. The van der Waals surface area contributed by atoms with Crippen LogP contribution in [0.4, 0.5) is 0 Å². The summed E-state index contributed by atoms with van der Waals surface area (Å²) >= 11 is 0. The van der Waals surface area contributed by atoms with Crippen LogP contribution in [0.2, 0.25) is 0 Å². The van der Waals surface area contributed by atoms with Crippen LogP contribution in [0.1, 0.15) is 22.5 Å². The molecule has 24 heavy (non-hydrogen) atoms. The number of nitrogens with zero attached hydrogens (tertiary/aromatic N) is 3. The minimum absolute atomic E-state index is 0.0173. The Morgan fingerprint density at radius 1 is 1.29 bits per heavy atom. The van der Waals surface area contributed by atoms with Crippen LogP contribution in [-0.4, -0.2) is 60.1 Å². The van der Waals surface area contributed by atoms with Crippen molar-refractivity contribution in [3.63, 3.8) is 0 Å². The highest BCUT2D eigenvalue weighted by molar-refractivity contribution is 5.95. The van der Waals surface area contributed by atoms with Gasteiger partial charge in [-0.2, -0.15) is 5.10 Å². The molecule has 2 heterocycles. The van der Waals surface area contributed by atoms with Gasteiger partial charge in [0.1, 0.15) is 0 Å². The Labute approximate surface area is 142 Å². The van der Waals surface area contributed by atoms with E-state index in [4.69, 9.17) is 9.47 Å². The van der Waals surface area contributed by atoms with Crippen molar-refractivity contribution in [1.82, 2.24) is 14.7 Å². The Morgan fingerprint density at radius 2 is 2.04 bits per heavy atom. The summed E-state index contributed by atoms with van der Waals surface area (Å²) in [6.07, 6.45) is 2.65. The molecule has 3 rings (SSSR count). The standard InChI is InChI=1S/C18H23N3O3/c1-13-17(11-21(19-13)14-7-5-4-6-8-14)18(22)20-10-16(24-3)9-15(20)12-23-2/h4-8,11,15-16H,9-10,12H2,1-3H3/t15-,16-/m0/s1. The lowest BCUT2D eigenvalue weighted by Crippen LogP contribution is -2.38. The van der Waals surface area contributed by atoms with Crippen LogP contribution in [0.3, 0.4) is 0 Å². The molecule has 0 saturated carbocycles. The Hall–Kier alpha value is -2.18. The van der Waals surface area contributed by atoms with Gasteiger partial charge in [-0.15, -0.1) is 0 Å². The fourth-order valence-corrected chi connectivity index (χ4v) is 3.18. The van der Waals surface area contributed by atoms with Gasteiger partial charge in [-0.25, -0.2) is 4.68 Å². The van der Waals surface area contributed by atoms with Crippen LogP contribution in [-0.2, 0) is 9.47 Å². The summed E-state index contributed by atoms with van der Waals surface area (Å²) in [4.78, 5) is 14.9. The largest absolute Gasteiger partial charge is 0.383 e. The predicted molar refractivity (Wildman–Crippen MR) is 90.4 cm³/mol.